The summed E-state index contributed by atoms with van der Waals surface area (Å²) in [5.41, 5.74) is 3.04. The molecule has 0 spiro atoms. The number of anilines is 1. The van der Waals surface area contributed by atoms with Crippen molar-refractivity contribution in [3.8, 4) is 11.5 Å². The number of fused-ring (bicyclic) bond motifs is 1. The molecule has 4 rings (SSSR count). The number of hydrogen-bond acceptors (Lipinski definition) is 4. The first-order valence-corrected chi connectivity index (χ1v) is 10.2. The number of benzene rings is 2. The fraction of sp³-hybridized carbons (Fsp3) is 0.435. The molecular weight excluding hydrogens is 352 g/mol. The minimum atomic E-state index is -0.334. The molecule has 2 aliphatic heterocycles. The highest BCUT2D eigenvalue weighted by Gasteiger charge is 2.30. The maximum absolute atomic E-state index is 13.3. The molecule has 0 aliphatic carbocycles. The van der Waals surface area contributed by atoms with Gasteiger partial charge in [0.15, 0.2) is 11.5 Å². The van der Waals surface area contributed by atoms with Gasteiger partial charge in [-0.1, -0.05) is 38.5 Å². The highest BCUT2D eigenvalue weighted by molar-refractivity contribution is 5.95. The number of amides is 1. The van der Waals surface area contributed by atoms with Crippen molar-refractivity contribution in [2.75, 3.05) is 25.2 Å². The molecular formula is C23H28N2O3. The summed E-state index contributed by atoms with van der Waals surface area (Å²) in [4.78, 5) is 15.6. The van der Waals surface area contributed by atoms with Crippen LogP contribution < -0.4 is 14.8 Å². The van der Waals surface area contributed by atoms with E-state index in [1.807, 2.05) is 30.3 Å². The Morgan fingerprint density at radius 3 is 2.32 bits per heavy atom. The molecule has 2 aromatic rings. The lowest BCUT2D eigenvalue weighted by atomic mass is 10.00. The van der Waals surface area contributed by atoms with Crippen molar-refractivity contribution in [3.05, 3.63) is 53.6 Å². The Balaban J connectivity index is 1.58. The molecule has 5 heteroatoms. The van der Waals surface area contributed by atoms with Crippen molar-refractivity contribution in [1.82, 2.24) is 4.90 Å². The van der Waals surface area contributed by atoms with E-state index in [4.69, 9.17) is 9.47 Å². The fourth-order valence-electron chi connectivity index (χ4n) is 3.95. The van der Waals surface area contributed by atoms with Crippen LogP contribution in [0.1, 0.15) is 56.2 Å². The molecule has 1 atom stereocenters. The highest BCUT2D eigenvalue weighted by atomic mass is 16.7. The summed E-state index contributed by atoms with van der Waals surface area (Å²) in [5, 5.41) is 3.12. The van der Waals surface area contributed by atoms with Crippen LogP contribution in [0.5, 0.6) is 11.5 Å². The van der Waals surface area contributed by atoms with Gasteiger partial charge in [0, 0.05) is 5.69 Å². The van der Waals surface area contributed by atoms with Gasteiger partial charge in [-0.05, 0) is 67.2 Å². The van der Waals surface area contributed by atoms with Gasteiger partial charge in [0.1, 0.15) is 6.04 Å². The Morgan fingerprint density at radius 1 is 0.929 bits per heavy atom. The zero-order valence-electron chi connectivity index (χ0n) is 16.6. The molecule has 2 aliphatic rings. The summed E-state index contributed by atoms with van der Waals surface area (Å²) in [5.74, 6) is 1.93. The lowest BCUT2D eigenvalue weighted by Gasteiger charge is -2.34. The normalized spacial score (nSPS) is 17.5. The van der Waals surface area contributed by atoms with Crippen molar-refractivity contribution < 1.29 is 14.3 Å². The third kappa shape index (κ3) is 3.99. The molecule has 2 aromatic carbocycles. The van der Waals surface area contributed by atoms with E-state index in [1.54, 1.807) is 0 Å². The summed E-state index contributed by atoms with van der Waals surface area (Å²) < 4.78 is 11.0. The van der Waals surface area contributed by atoms with E-state index < -0.39 is 0 Å². The second-order valence-corrected chi connectivity index (χ2v) is 7.88. The molecule has 1 amide bonds. The van der Waals surface area contributed by atoms with Crippen LogP contribution in [0.2, 0.25) is 0 Å². The van der Waals surface area contributed by atoms with Gasteiger partial charge in [0.05, 0.1) is 0 Å². The van der Waals surface area contributed by atoms with E-state index in [0.29, 0.717) is 11.7 Å². The Labute approximate surface area is 166 Å². The zero-order chi connectivity index (χ0) is 19.5. The van der Waals surface area contributed by atoms with E-state index in [2.05, 4.69) is 36.2 Å². The van der Waals surface area contributed by atoms with Crippen LogP contribution in [-0.4, -0.2) is 30.7 Å². The Morgan fingerprint density at radius 2 is 1.61 bits per heavy atom. The monoisotopic (exact) mass is 380 g/mol. The predicted octanol–water partition coefficient (Wildman–Crippen LogP) is 4.70. The van der Waals surface area contributed by atoms with Crippen molar-refractivity contribution in [2.24, 2.45) is 0 Å². The van der Waals surface area contributed by atoms with Gasteiger partial charge in [-0.2, -0.15) is 0 Å². The SMILES string of the molecule is CC(C)c1ccc(NC(=O)[C@H](c2ccc3c(c2)OCO3)N2CCCCC2)cc1. The number of carbonyl (C=O) groups is 1. The second kappa shape index (κ2) is 8.23. The lowest BCUT2D eigenvalue weighted by Crippen LogP contribution is -2.40. The Hall–Kier alpha value is -2.53. The molecule has 1 N–H and O–H groups in total. The van der Waals surface area contributed by atoms with Gasteiger partial charge in [-0.3, -0.25) is 9.69 Å². The molecule has 2 heterocycles. The summed E-state index contributed by atoms with van der Waals surface area (Å²) in [6.07, 6.45) is 3.47. The van der Waals surface area contributed by atoms with Crippen molar-refractivity contribution in [1.29, 1.82) is 0 Å². The summed E-state index contributed by atoms with van der Waals surface area (Å²) in [6, 6.07) is 13.6. The van der Waals surface area contributed by atoms with E-state index in [-0.39, 0.29) is 18.7 Å². The van der Waals surface area contributed by atoms with Crippen LogP contribution in [0.3, 0.4) is 0 Å². The number of nitrogens with one attached hydrogen (secondary N) is 1. The molecule has 0 unspecified atom stereocenters. The average Bonchev–Trinajstić information content (AvgIpc) is 3.17. The quantitative estimate of drug-likeness (QED) is 0.817. The number of rotatable bonds is 5. The smallest absolute Gasteiger partial charge is 0.246 e. The molecule has 0 aromatic heterocycles. The number of nitrogens with zero attached hydrogens (tertiary/aromatic N) is 1. The van der Waals surface area contributed by atoms with Crippen LogP contribution in [-0.2, 0) is 4.79 Å². The van der Waals surface area contributed by atoms with Gasteiger partial charge in [-0.25, -0.2) is 0 Å². The average molecular weight is 380 g/mol. The van der Waals surface area contributed by atoms with E-state index in [1.165, 1.54) is 12.0 Å². The minimum absolute atomic E-state index is 0.00179. The largest absolute Gasteiger partial charge is 0.454 e. The van der Waals surface area contributed by atoms with Crippen molar-refractivity contribution in [3.63, 3.8) is 0 Å². The Kier molecular flexibility index (Phi) is 5.53. The van der Waals surface area contributed by atoms with Crippen LogP contribution in [0.4, 0.5) is 5.69 Å². The maximum atomic E-state index is 13.3. The predicted molar refractivity (Wildman–Crippen MR) is 110 cm³/mol. The summed E-state index contributed by atoms with van der Waals surface area (Å²) in [7, 11) is 0. The number of ether oxygens (including phenoxy) is 2. The first-order chi connectivity index (χ1) is 13.6. The van der Waals surface area contributed by atoms with E-state index in [0.717, 1.165) is 42.9 Å². The molecule has 0 radical (unpaired) electrons. The van der Waals surface area contributed by atoms with Crippen molar-refractivity contribution >= 4 is 11.6 Å². The number of hydrogen-bond donors (Lipinski definition) is 1. The van der Waals surface area contributed by atoms with Gasteiger partial charge in [0.25, 0.3) is 0 Å². The van der Waals surface area contributed by atoms with Crippen LogP contribution in [0, 0.1) is 0 Å². The van der Waals surface area contributed by atoms with E-state index in [9.17, 15) is 4.79 Å². The molecule has 148 valence electrons. The molecule has 1 fully saturated rings. The van der Waals surface area contributed by atoms with Crippen LogP contribution in [0.25, 0.3) is 0 Å². The number of carbonyl (C=O) groups excluding carboxylic acids is 1. The third-order valence-corrected chi connectivity index (χ3v) is 5.56. The highest BCUT2D eigenvalue weighted by Crippen LogP contribution is 2.36. The molecule has 0 saturated carbocycles. The van der Waals surface area contributed by atoms with Gasteiger partial charge in [0.2, 0.25) is 12.7 Å². The van der Waals surface area contributed by atoms with Crippen molar-refractivity contribution in [2.45, 2.75) is 45.1 Å². The topological polar surface area (TPSA) is 50.8 Å². The number of piperidine rings is 1. The zero-order valence-corrected chi connectivity index (χ0v) is 16.6. The first-order valence-electron chi connectivity index (χ1n) is 10.2. The maximum Gasteiger partial charge on any atom is 0.246 e. The van der Waals surface area contributed by atoms with Gasteiger partial charge < -0.3 is 14.8 Å². The Bertz CT molecular complexity index is 826. The van der Waals surface area contributed by atoms with Crippen LogP contribution in [0.15, 0.2) is 42.5 Å². The number of likely N-dealkylation sites (tertiary alicyclic amines) is 1. The second-order valence-electron chi connectivity index (χ2n) is 7.88. The fourth-order valence-corrected chi connectivity index (χ4v) is 3.95. The van der Waals surface area contributed by atoms with Gasteiger partial charge in [-0.15, -0.1) is 0 Å². The first kappa shape index (κ1) is 18.8. The molecule has 28 heavy (non-hydrogen) atoms. The minimum Gasteiger partial charge on any atom is -0.454 e. The van der Waals surface area contributed by atoms with E-state index >= 15 is 0 Å². The van der Waals surface area contributed by atoms with Crippen LogP contribution >= 0.6 is 0 Å². The third-order valence-electron chi connectivity index (χ3n) is 5.56. The lowest BCUT2D eigenvalue weighted by molar-refractivity contribution is -0.122. The summed E-state index contributed by atoms with van der Waals surface area (Å²) in [6.45, 7) is 6.43. The standard InChI is InChI=1S/C23H28N2O3/c1-16(2)17-6-9-19(10-7-17)24-23(26)22(25-12-4-3-5-13-25)18-8-11-20-21(14-18)28-15-27-20/h6-11,14,16,22H,3-5,12-13,15H2,1-2H3,(H,24,26)/t22-/m0/s1. The molecule has 0 bridgehead atoms. The molecule has 5 nitrogen and oxygen atoms in total. The summed E-state index contributed by atoms with van der Waals surface area (Å²) >= 11 is 0. The molecule has 1 saturated heterocycles. The van der Waals surface area contributed by atoms with Gasteiger partial charge >= 0.3 is 0 Å².